The summed E-state index contributed by atoms with van der Waals surface area (Å²) in [5.41, 5.74) is 4.17. The van der Waals surface area contributed by atoms with Crippen LogP contribution in [0.1, 0.15) is 45.5 Å². The fourth-order valence-corrected chi connectivity index (χ4v) is 2.81. The van der Waals surface area contributed by atoms with Crippen LogP contribution in [-0.2, 0) is 13.0 Å². The van der Waals surface area contributed by atoms with Crippen LogP contribution in [0.5, 0.6) is 11.5 Å². The number of rotatable bonds is 9. The molecule has 0 fully saturated rings. The summed E-state index contributed by atoms with van der Waals surface area (Å²) in [6, 6.07) is 3.70. The van der Waals surface area contributed by atoms with Gasteiger partial charge in [-0.15, -0.1) is 0 Å². The Kier molecular flexibility index (Phi) is 7.13. The lowest BCUT2D eigenvalue weighted by molar-refractivity contribution is 0.223. The molecule has 0 unspecified atom stereocenters. The highest BCUT2D eigenvalue weighted by Crippen LogP contribution is 2.34. The lowest BCUT2D eigenvalue weighted by Crippen LogP contribution is -2.18. The lowest BCUT2D eigenvalue weighted by Gasteiger charge is -2.17. The number of aryl methyl sites for hydroxylation is 1. The highest BCUT2D eigenvalue weighted by molar-refractivity contribution is 7.71. The fraction of sp³-hybridized carbons (Fsp3) is 0.529. The van der Waals surface area contributed by atoms with Gasteiger partial charge in [0, 0.05) is 17.5 Å². The molecule has 6 nitrogen and oxygen atoms in total. The van der Waals surface area contributed by atoms with Crippen molar-refractivity contribution in [2.24, 2.45) is 0 Å². The van der Waals surface area contributed by atoms with Crippen molar-refractivity contribution < 1.29 is 9.47 Å². The van der Waals surface area contributed by atoms with Gasteiger partial charge < -0.3 is 14.9 Å². The van der Waals surface area contributed by atoms with Gasteiger partial charge in [-0.1, -0.05) is 18.5 Å². The van der Waals surface area contributed by atoms with Crippen molar-refractivity contribution >= 4 is 23.8 Å². The van der Waals surface area contributed by atoms with Crippen molar-refractivity contribution in [1.29, 1.82) is 0 Å². The maximum atomic E-state index is 6.43. The molecule has 0 aliphatic carbocycles. The average Bonchev–Trinajstić information content (AvgIpc) is 2.89. The Morgan fingerprint density at radius 1 is 1.32 bits per heavy atom. The van der Waals surface area contributed by atoms with E-state index < -0.39 is 0 Å². The molecule has 1 aromatic carbocycles. The molecule has 0 saturated heterocycles. The molecule has 0 aliphatic rings. The summed E-state index contributed by atoms with van der Waals surface area (Å²) in [5.74, 6) is 2.20. The molecule has 2 aromatic rings. The summed E-state index contributed by atoms with van der Waals surface area (Å²) >= 11 is 11.7. The van der Waals surface area contributed by atoms with E-state index >= 15 is 0 Å². The van der Waals surface area contributed by atoms with Crippen LogP contribution in [0.25, 0.3) is 0 Å². The number of hydrogen-bond acceptors (Lipinski definition) is 5. The number of ether oxygens (including phenoxy) is 2. The van der Waals surface area contributed by atoms with Crippen LogP contribution in [0.4, 0.5) is 0 Å². The van der Waals surface area contributed by atoms with Gasteiger partial charge in [-0.2, -0.15) is 5.10 Å². The van der Waals surface area contributed by atoms with Crippen LogP contribution in [0.15, 0.2) is 12.1 Å². The zero-order chi connectivity index (χ0) is 18.4. The quantitative estimate of drug-likeness (QED) is 0.624. The number of aromatic amines is 1. The molecule has 2 rings (SSSR count). The Labute approximate surface area is 158 Å². The van der Waals surface area contributed by atoms with Crippen LogP contribution in [-0.4, -0.2) is 27.6 Å². The summed E-state index contributed by atoms with van der Waals surface area (Å²) < 4.78 is 13.8. The predicted octanol–water partition coefficient (Wildman–Crippen LogP) is 4.48. The number of halogens is 1. The maximum absolute atomic E-state index is 6.43. The first-order chi connectivity index (χ1) is 12.0. The van der Waals surface area contributed by atoms with Gasteiger partial charge in [-0.05, 0) is 51.0 Å². The van der Waals surface area contributed by atoms with Crippen molar-refractivity contribution in [2.45, 2.75) is 53.2 Å². The molecule has 2 N–H and O–H groups in total. The van der Waals surface area contributed by atoms with E-state index in [1.807, 2.05) is 26.8 Å². The van der Waals surface area contributed by atoms with Crippen LogP contribution in [0.2, 0.25) is 5.02 Å². The van der Waals surface area contributed by atoms with Gasteiger partial charge in [0.05, 0.1) is 19.3 Å². The predicted molar refractivity (Wildman–Crippen MR) is 103 cm³/mol. The highest BCUT2D eigenvalue weighted by atomic mass is 35.5. The summed E-state index contributed by atoms with van der Waals surface area (Å²) in [6.45, 7) is 9.01. The lowest BCUT2D eigenvalue weighted by atomic mass is 10.2. The maximum Gasteiger partial charge on any atom is 0.214 e. The summed E-state index contributed by atoms with van der Waals surface area (Å²) in [6.07, 6.45) is 1.86. The van der Waals surface area contributed by atoms with Crippen molar-refractivity contribution in [3.05, 3.63) is 33.3 Å². The van der Waals surface area contributed by atoms with Crippen LogP contribution in [0.3, 0.4) is 0 Å². The Morgan fingerprint density at radius 2 is 2.08 bits per heavy atom. The monoisotopic (exact) mass is 384 g/mol. The van der Waals surface area contributed by atoms with Crippen molar-refractivity contribution in [2.75, 3.05) is 12.0 Å². The Bertz CT molecular complexity index is 758. The van der Waals surface area contributed by atoms with Crippen molar-refractivity contribution in [3.8, 4) is 11.5 Å². The van der Waals surface area contributed by atoms with E-state index in [0.717, 1.165) is 24.2 Å². The summed E-state index contributed by atoms with van der Waals surface area (Å²) in [5, 5.41) is 7.66. The van der Waals surface area contributed by atoms with E-state index in [9.17, 15) is 0 Å². The number of nitrogens with zero attached hydrogens (tertiary/aromatic N) is 2. The average molecular weight is 385 g/mol. The molecule has 0 atom stereocenters. The van der Waals surface area contributed by atoms with Crippen LogP contribution < -0.4 is 14.9 Å². The molecule has 25 heavy (non-hydrogen) atoms. The van der Waals surface area contributed by atoms with Gasteiger partial charge in [0.25, 0.3) is 0 Å². The zero-order valence-corrected chi connectivity index (χ0v) is 16.6. The number of aromatic nitrogens is 3. The highest BCUT2D eigenvalue weighted by Gasteiger charge is 2.13. The third kappa shape index (κ3) is 5.12. The molecule has 1 aromatic heterocycles. The van der Waals surface area contributed by atoms with Gasteiger partial charge in [0.2, 0.25) is 4.77 Å². The molecule has 138 valence electrons. The van der Waals surface area contributed by atoms with E-state index in [1.54, 1.807) is 10.7 Å². The largest absolute Gasteiger partial charge is 0.490 e. The van der Waals surface area contributed by atoms with Gasteiger partial charge >= 0.3 is 0 Å². The molecular formula is C17H25ClN4O2S. The molecular weight excluding hydrogens is 360 g/mol. The number of nitrogens with one attached hydrogen (secondary N) is 2. The van der Waals surface area contributed by atoms with Crippen LogP contribution in [0, 0.1) is 4.77 Å². The third-order valence-electron chi connectivity index (χ3n) is 3.42. The Morgan fingerprint density at radius 3 is 2.72 bits per heavy atom. The Balaban J connectivity index is 2.23. The molecule has 0 radical (unpaired) electrons. The second-order valence-corrected chi connectivity index (χ2v) is 6.65. The molecule has 1 heterocycles. The van der Waals surface area contributed by atoms with E-state index in [-0.39, 0.29) is 6.10 Å². The van der Waals surface area contributed by atoms with E-state index in [4.69, 9.17) is 33.3 Å². The van der Waals surface area contributed by atoms with Gasteiger partial charge in [-0.25, -0.2) is 4.68 Å². The molecule has 0 spiro atoms. The number of hydrogen-bond donors (Lipinski definition) is 2. The normalized spacial score (nSPS) is 11.0. The first-order valence-corrected chi connectivity index (χ1v) is 9.26. The minimum atomic E-state index is 0.0418. The standard InChI is InChI=1S/C17H25ClN4O2S/c1-5-7-16-20-21-17(25)22(16)19-10-12-8-14(23-6-2)15(9-13(12)18)24-11(3)4/h8-9,11,19H,5-7,10H2,1-4H3,(H,21,25). The Hall–Kier alpha value is -1.73. The van der Waals surface area contributed by atoms with E-state index in [0.29, 0.717) is 34.4 Å². The molecule has 0 saturated carbocycles. The van der Waals surface area contributed by atoms with E-state index in [1.165, 1.54) is 0 Å². The second kappa shape index (κ2) is 9.10. The van der Waals surface area contributed by atoms with Crippen molar-refractivity contribution in [3.63, 3.8) is 0 Å². The van der Waals surface area contributed by atoms with Gasteiger partial charge in [0.1, 0.15) is 0 Å². The molecule has 0 amide bonds. The fourth-order valence-electron chi connectivity index (χ4n) is 2.38. The molecule has 0 bridgehead atoms. The summed E-state index contributed by atoms with van der Waals surface area (Å²) in [4.78, 5) is 0. The smallest absolute Gasteiger partial charge is 0.214 e. The molecule has 8 heteroatoms. The van der Waals surface area contributed by atoms with Gasteiger partial charge in [-0.3, -0.25) is 5.10 Å². The second-order valence-electron chi connectivity index (χ2n) is 5.86. The third-order valence-corrected chi connectivity index (χ3v) is 4.04. The number of benzene rings is 1. The SMILES string of the molecule is CCCc1n[nH]c(=S)n1NCc1cc(OCC)c(OC(C)C)cc1Cl. The number of H-pyrrole nitrogens is 1. The molecule has 0 aliphatic heterocycles. The summed E-state index contributed by atoms with van der Waals surface area (Å²) in [7, 11) is 0. The zero-order valence-electron chi connectivity index (χ0n) is 15.1. The van der Waals surface area contributed by atoms with Crippen LogP contribution >= 0.6 is 23.8 Å². The first-order valence-electron chi connectivity index (χ1n) is 8.48. The minimum Gasteiger partial charge on any atom is -0.490 e. The van der Waals surface area contributed by atoms with Crippen molar-refractivity contribution in [1.82, 2.24) is 14.9 Å². The van der Waals surface area contributed by atoms with E-state index in [2.05, 4.69) is 22.5 Å². The first kappa shape index (κ1) is 19.6. The minimum absolute atomic E-state index is 0.0418. The topological polar surface area (TPSA) is 64.1 Å². The van der Waals surface area contributed by atoms with Gasteiger partial charge in [0.15, 0.2) is 17.3 Å².